The van der Waals surface area contributed by atoms with Gasteiger partial charge < -0.3 is 25.0 Å². The number of nitrogens with zero attached hydrogens (tertiary/aromatic N) is 3. The lowest BCUT2D eigenvalue weighted by molar-refractivity contribution is 0.0374. The van der Waals surface area contributed by atoms with Crippen LogP contribution < -0.4 is 10.5 Å². The molecule has 1 aliphatic carbocycles. The molecule has 2 fully saturated rings. The maximum absolute atomic E-state index is 11.1. The van der Waals surface area contributed by atoms with E-state index in [0.717, 1.165) is 55.7 Å². The van der Waals surface area contributed by atoms with E-state index in [1.165, 1.54) is 0 Å². The van der Waals surface area contributed by atoms with E-state index in [-0.39, 0.29) is 12.1 Å². The van der Waals surface area contributed by atoms with E-state index in [9.17, 15) is 9.90 Å². The SMILES string of the molecule is NC(=O)c1ccc(OCCCN2C[C@H]3C[C@@H](n4cnc5ccccc54)[C@H](O)C[C@H]3C2)cc1. The number of para-hydroxylation sites is 2. The first-order chi connectivity index (χ1) is 15.6. The molecule has 1 saturated heterocycles. The Morgan fingerprint density at radius 3 is 2.62 bits per heavy atom. The molecular weight excluding hydrogens is 404 g/mol. The van der Waals surface area contributed by atoms with Crippen molar-refractivity contribution in [3.05, 3.63) is 60.4 Å². The van der Waals surface area contributed by atoms with E-state index >= 15 is 0 Å². The predicted molar refractivity (Wildman–Crippen MR) is 123 cm³/mol. The molecule has 2 aromatic carbocycles. The fourth-order valence-electron chi connectivity index (χ4n) is 5.42. The van der Waals surface area contributed by atoms with Crippen LogP contribution in [0.5, 0.6) is 5.75 Å². The van der Waals surface area contributed by atoms with E-state index in [2.05, 4.69) is 20.5 Å². The van der Waals surface area contributed by atoms with Crippen LogP contribution in [0.1, 0.15) is 35.7 Å². The fraction of sp³-hybridized carbons (Fsp3) is 0.440. The second kappa shape index (κ2) is 8.92. The minimum absolute atomic E-state index is 0.0929. The summed E-state index contributed by atoms with van der Waals surface area (Å²) in [6.45, 7) is 3.75. The normalized spacial score (nSPS) is 25.7. The van der Waals surface area contributed by atoms with Crippen molar-refractivity contribution in [2.45, 2.75) is 31.4 Å². The van der Waals surface area contributed by atoms with E-state index < -0.39 is 5.91 Å². The van der Waals surface area contributed by atoms with Crippen LogP contribution in [0.25, 0.3) is 11.0 Å². The smallest absolute Gasteiger partial charge is 0.248 e. The van der Waals surface area contributed by atoms with Crippen LogP contribution in [0.15, 0.2) is 54.9 Å². The van der Waals surface area contributed by atoms with Crippen LogP contribution in [0.2, 0.25) is 0 Å². The number of fused-ring (bicyclic) bond motifs is 2. The molecule has 3 N–H and O–H groups in total. The third-order valence-corrected chi connectivity index (χ3v) is 7.05. The number of amides is 1. The molecule has 0 bridgehead atoms. The molecule has 7 heteroatoms. The summed E-state index contributed by atoms with van der Waals surface area (Å²) in [7, 11) is 0. The summed E-state index contributed by atoms with van der Waals surface area (Å²) in [5.74, 6) is 1.48. The number of carbonyl (C=O) groups is 1. The maximum Gasteiger partial charge on any atom is 0.248 e. The second-order valence-electron chi connectivity index (χ2n) is 9.12. The van der Waals surface area contributed by atoms with Crippen LogP contribution in [-0.4, -0.2) is 57.8 Å². The average molecular weight is 435 g/mol. The number of hydrogen-bond donors (Lipinski definition) is 2. The fourth-order valence-corrected chi connectivity index (χ4v) is 5.42. The number of aromatic nitrogens is 2. The second-order valence-corrected chi connectivity index (χ2v) is 9.12. The first-order valence-electron chi connectivity index (χ1n) is 11.4. The highest BCUT2D eigenvalue weighted by Crippen LogP contribution is 2.42. The van der Waals surface area contributed by atoms with E-state index in [1.54, 1.807) is 24.3 Å². The van der Waals surface area contributed by atoms with E-state index in [4.69, 9.17) is 10.5 Å². The van der Waals surface area contributed by atoms with Crippen LogP contribution in [0.4, 0.5) is 0 Å². The largest absolute Gasteiger partial charge is 0.494 e. The summed E-state index contributed by atoms with van der Waals surface area (Å²) < 4.78 is 7.99. The van der Waals surface area contributed by atoms with Crippen molar-refractivity contribution in [1.82, 2.24) is 14.5 Å². The molecule has 2 aliphatic rings. The zero-order valence-electron chi connectivity index (χ0n) is 18.1. The summed E-state index contributed by atoms with van der Waals surface area (Å²) in [5, 5.41) is 10.9. The van der Waals surface area contributed by atoms with Gasteiger partial charge in [0.2, 0.25) is 5.91 Å². The Labute approximate surface area is 187 Å². The molecule has 3 aromatic rings. The summed E-state index contributed by atoms with van der Waals surface area (Å²) in [4.78, 5) is 18.2. The molecule has 1 aromatic heterocycles. The topological polar surface area (TPSA) is 93.6 Å². The van der Waals surface area contributed by atoms with Gasteiger partial charge in [-0.25, -0.2) is 4.98 Å². The number of rotatable bonds is 7. The highest BCUT2D eigenvalue weighted by molar-refractivity contribution is 5.92. The minimum Gasteiger partial charge on any atom is -0.494 e. The quantitative estimate of drug-likeness (QED) is 0.558. The number of likely N-dealkylation sites (tertiary alicyclic amines) is 1. The maximum atomic E-state index is 11.1. The zero-order valence-corrected chi connectivity index (χ0v) is 18.1. The molecular formula is C25H30N4O3. The van der Waals surface area contributed by atoms with Crippen molar-refractivity contribution in [2.75, 3.05) is 26.2 Å². The number of aliphatic hydroxyl groups is 1. The van der Waals surface area contributed by atoms with Gasteiger partial charge in [-0.05, 0) is 67.5 Å². The van der Waals surface area contributed by atoms with E-state index in [1.807, 2.05) is 24.5 Å². The average Bonchev–Trinajstić information content (AvgIpc) is 3.40. The molecule has 7 nitrogen and oxygen atoms in total. The molecule has 2 heterocycles. The molecule has 32 heavy (non-hydrogen) atoms. The number of benzene rings is 2. The van der Waals surface area contributed by atoms with Crippen LogP contribution in [-0.2, 0) is 0 Å². The summed E-state index contributed by atoms with van der Waals surface area (Å²) in [5.41, 5.74) is 7.84. The van der Waals surface area contributed by atoms with Crippen LogP contribution >= 0.6 is 0 Å². The Morgan fingerprint density at radius 1 is 1.09 bits per heavy atom. The van der Waals surface area contributed by atoms with Crippen molar-refractivity contribution >= 4 is 16.9 Å². The molecule has 1 saturated carbocycles. The lowest BCUT2D eigenvalue weighted by atomic mass is 9.77. The van der Waals surface area contributed by atoms with Crippen molar-refractivity contribution in [3.8, 4) is 5.75 Å². The predicted octanol–water partition coefficient (Wildman–Crippen LogP) is 2.85. The highest BCUT2D eigenvalue weighted by Gasteiger charge is 2.42. The molecule has 0 spiro atoms. The summed E-state index contributed by atoms with van der Waals surface area (Å²) in [6.07, 6.45) is 4.33. The number of carbonyl (C=O) groups excluding carboxylic acids is 1. The van der Waals surface area contributed by atoms with Crippen LogP contribution in [0.3, 0.4) is 0 Å². The van der Waals surface area contributed by atoms with Gasteiger partial charge in [0.05, 0.1) is 36.1 Å². The lowest BCUT2D eigenvalue weighted by Gasteiger charge is -2.36. The Morgan fingerprint density at radius 2 is 1.84 bits per heavy atom. The van der Waals surface area contributed by atoms with Crippen molar-refractivity contribution in [1.29, 1.82) is 0 Å². The Bertz CT molecular complexity index is 1080. The van der Waals surface area contributed by atoms with Crippen molar-refractivity contribution in [2.24, 2.45) is 17.6 Å². The van der Waals surface area contributed by atoms with Gasteiger partial charge in [-0.15, -0.1) is 0 Å². The number of hydrogen-bond acceptors (Lipinski definition) is 5. The summed E-state index contributed by atoms with van der Waals surface area (Å²) >= 11 is 0. The van der Waals surface area contributed by atoms with Crippen molar-refractivity contribution < 1.29 is 14.6 Å². The van der Waals surface area contributed by atoms with E-state index in [0.29, 0.717) is 24.0 Å². The molecule has 1 amide bonds. The van der Waals surface area contributed by atoms with Gasteiger partial charge in [0.1, 0.15) is 5.75 Å². The number of imidazole rings is 1. The highest BCUT2D eigenvalue weighted by atomic mass is 16.5. The molecule has 0 unspecified atom stereocenters. The first kappa shape index (κ1) is 21.0. The van der Waals surface area contributed by atoms with Gasteiger partial charge in [0, 0.05) is 25.2 Å². The lowest BCUT2D eigenvalue weighted by Crippen LogP contribution is -2.36. The number of primary amides is 1. The molecule has 168 valence electrons. The van der Waals surface area contributed by atoms with Gasteiger partial charge in [-0.1, -0.05) is 12.1 Å². The molecule has 4 atom stereocenters. The Balaban J connectivity index is 1.13. The third-order valence-electron chi connectivity index (χ3n) is 7.05. The zero-order chi connectivity index (χ0) is 22.1. The monoisotopic (exact) mass is 434 g/mol. The van der Waals surface area contributed by atoms with Crippen LogP contribution in [0, 0.1) is 11.8 Å². The Hall–Kier alpha value is -2.90. The number of nitrogens with two attached hydrogens (primary N) is 1. The minimum atomic E-state index is -0.430. The van der Waals surface area contributed by atoms with Crippen molar-refractivity contribution in [3.63, 3.8) is 0 Å². The van der Waals surface area contributed by atoms with Gasteiger partial charge in [0.15, 0.2) is 0 Å². The molecule has 5 rings (SSSR count). The molecule has 1 aliphatic heterocycles. The van der Waals surface area contributed by atoms with Gasteiger partial charge in [0.25, 0.3) is 0 Å². The van der Waals surface area contributed by atoms with Gasteiger partial charge in [-0.3, -0.25) is 4.79 Å². The third kappa shape index (κ3) is 4.23. The molecule has 0 radical (unpaired) electrons. The number of aliphatic hydroxyl groups excluding tert-OH is 1. The Kier molecular flexibility index (Phi) is 5.85. The van der Waals surface area contributed by atoms with Gasteiger partial charge in [-0.2, -0.15) is 0 Å². The standard InChI is InChI=1S/C25H30N4O3/c26-25(31)17-6-8-20(9-7-17)32-11-3-10-28-14-18-12-23(24(30)13-19(18)15-28)29-16-27-21-4-1-2-5-22(21)29/h1-2,4-9,16,18-19,23-24,30H,3,10-15H2,(H2,26,31)/t18-,19+,23-,24-/m1/s1. The van der Waals surface area contributed by atoms with Gasteiger partial charge >= 0.3 is 0 Å². The number of ether oxygens (including phenoxy) is 1. The summed E-state index contributed by atoms with van der Waals surface area (Å²) in [6, 6.07) is 15.2. The first-order valence-corrected chi connectivity index (χ1v) is 11.4.